The summed E-state index contributed by atoms with van der Waals surface area (Å²) in [5.74, 6) is 0. The Morgan fingerprint density at radius 1 is 0.650 bits per heavy atom. The molecule has 2 aromatic carbocycles. The van der Waals surface area contributed by atoms with E-state index in [-0.39, 0.29) is 12.2 Å². The lowest BCUT2D eigenvalue weighted by Gasteiger charge is -2.20. The second-order valence-electron chi connectivity index (χ2n) is 4.81. The first kappa shape index (κ1) is 14.8. The molecule has 0 aliphatic heterocycles. The molecule has 0 saturated carbocycles. The molecule has 20 heavy (non-hydrogen) atoms. The van der Waals surface area contributed by atoms with Crippen LogP contribution in [-0.4, -0.2) is 0 Å². The van der Waals surface area contributed by atoms with Gasteiger partial charge in [0.2, 0.25) is 0 Å². The normalized spacial score (nSPS) is 13.9. The fourth-order valence-electron chi connectivity index (χ4n) is 2.19. The average molecular weight is 270 g/mol. The van der Waals surface area contributed by atoms with E-state index in [0.717, 1.165) is 24.0 Å². The maximum Gasteiger partial charge on any atom is 0.118 e. The van der Waals surface area contributed by atoms with Crippen molar-refractivity contribution in [1.82, 2.24) is 0 Å². The Morgan fingerprint density at radius 3 is 1.30 bits per heavy atom. The van der Waals surface area contributed by atoms with E-state index in [0.29, 0.717) is 0 Å². The van der Waals surface area contributed by atoms with Crippen molar-refractivity contribution in [3.8, 4) is 0 Å². The Bertz CT molecular complexity index is 434. The Labute approximate surface area is 121 Å². The van der Waals surface area contributed by atoms with Gasteiger partial charge in [-0.2, -0.15) is 0 Å². The van der Waals surface area contributed by atoms with Crippen molar-refractivity contribution >= 4 is 0 Å². The molecule has 0 amide bonds. The molecule has 2 atom stereocenters. The minimum absolute atomic E-state index is 0.0195. The lowest BCUT2D eigenvalue weighted by atomic mass is 10.1. The van der Waals surface area contributed by atoms with Gasteiger partial charge in [0.1, 0.15) is 12.2 Å². The summed E-state index contributed by atoms with van der Waals surface area (Å²) in [5.41, 5.74) is 2.30. The molecule has 2 nitrogen and oxygen atoms in total. The van der Waals surface area contributed by atoms with Gasteiger partial charge in [-0.05, 0) is 24.0 Å². The van der Waals surface area contributed by atoms with Crippen LogP contribution in [-0.2, 0) is 9.78 Å². The van der Waals surface area contributed by atoms with Crippen molar-refractivity contribution in [1.29, 1.82) is 0 Å². The van der Waals surface area contributed by atoms with Crippen LogP contribution in [0.1, 0.15) is 50.0 Å². The van der Waals surface area contributed by atoms with E-state index in [2.05, 4.69) is 38.1 Å². The summed E-state index contributed by atoms with van der Waals surface area (Å²) in [4.78, 5) is 11.4. The van der Waals surface area contributed by atoms with Gasteiger partial charge in [0, 0.05) is 0 Å². The van der Waals surface area contributed by atoms with E-state index >= 15 is 0 Å². The number of benzene rings is 2. The van der Waals surface area contributed by atoms with Crippen LogP contribution in [0.15, 0.2) is 60.7 Å². The Hall–Kier alpha value is -1.64. The second-order valence-corrected chi connectivity index (χ2v) is 4.81. The first-order valence-corrected chi connectivity index (χ1v) is 7.27. The van der Waals surface area contributed by atoms with Gasteiger partial charge in [0.25, 0.3) is 0 Å². The van der Waals surface area contributed by atoms with Crippen LogP contribution in [0.25, 0.3) is 0 Å². The summed E-state index contributed by atoms with van der Waals surface area (Å²) >= 11 is 0. The summed E-state index contributed by atoms with van der Waals surface area (Å²) in [7, 11) is 0. The van der Waals surface area contributed by atoms with Gasteiger partial charge in [-0.1, -0.05) is 74.5 Å². The molecule has 2 unspecified atom stereocenters. The predicted octanol–water partition coefficient (Wildman–Crippen LogP) is 5.24. The standard InChI is InChI=1S/C18H22O2/c1-3-17(15-11-7-5-8-12-15)19-20-18(4-2)16-13-9-6-10-14-16/h5-14,17-18H,3-4H2,1-2H3. The van der Waals surface area contributed by atoms with Gasteiger partial charge < -0.3 is 0 Å². The van der Waals surface area contributed by atoms with E-state index in [1.165, 1.54) is 0 Å². The maximum absolute atomic E-state index is 5.68. The van der Waals surface area contributed by atoms with Gasteiger partial charge in [0.05, 0.1) is 0 Å². The van der Waals surface area contributed by atoms with Gasteiger partial charge in [-0.15, -0.1) is 0 Å². The minimum Gasteiger partial charge on any atom is -0.228 e. The highest BCUT2D eigenvalue weighted by Crippen LogP contribution is 2.27. The first-order valence-electron chi connectivity index (χ1n) is 7.27. The van der Waals surface area contributed by atoms with E-state index in [9.17, 15) is 0 Å². The van der Waals surface area contributed by atoms with Crippen LogP contribution >= 0.6 is 0 Å². The SMILES string of the molecule is CCC(OOC(CC)c1ccccc1)c1ccccc1. The van der Waals surface area contributed by atoms with Crippen molar-refractivity contribution < 1.29 is 9.78 Å². The highest BCUT2D eigenvalue weighted by atomic mass is 17.2. The molecule has 0 aliphatic carbocycles. The molecule has 0 N–H and O–H groups in total. The number of hydrogen-bond donors (Lipinski definition) is 0. The molecular weight excluding hydrogens is 248 g/mol. The summed E-state index contributed by atoms with van der Waals surface area (Å²) in [6.07, 6.45) is 1.73. The van der Waals surface area contributed by atoms with Crippen molar-refractivity contribution in [2.75, 3.05) is 0 Å². The van der Waals surface area contributed by atoms with Gasteiger partial charge in [-0.25, -0.2) is 9.78 Å². The number of hydrogen-bond acceptors (Lipinski definition) is 2. The third kappa shape index (κ3) is 3.92. The number of rotatable bonds is 7. The highest BCUT2D eigenvalue weighted by molar-refractivity contribution is 5.18. The highest BCUT2D eigenvalue weighted by Gasteiger charge is 2.15. The van der Waals surface area contributed by atoms with Crippen LogP contribution in [0, 0.1) is 0 Å². The fraction of sp³-hybridized carbons (Fsp3) is 0.333. The van der Waals surface area contributed by atoms with Crippen molar-refractivity contribution in [3.05, 3.63) is 71.8 Å². The molecule has 0 heterocycles. The largest absolute Gasteiger partial charge is 0.228 e. The average Bonchev–Trinajstić information content (AvgIpc) is 2.53. The maximum atomic E-state index is 5.68. The summed E-state index contributed by atoms with van der Waals surface area (Å²) in [5, 5.41) is 0. The zero-order chi connectivity index (χ0) is 14.2. The second kappa shape index (κ2) is 7.83. The van der Waals surface area contributed by atoms with E-state index in [4.69, 9.17) is 9.78 Å². The Morgan fingerprint density at radius 2 is 1.00 bits per heavy atom. The molecule has 2 heteroatoms. The summed E-state index contributed by atoms with van der Waals surface area (Å²) < 4.78 is 0. The van der Waals surface area contributed by atoms with E-state index in [1.54, 1.807) is 0 Å². The zero-order valence-electron chi connectivity index (χ0n) is 12.2. The molecule has 0 radical (unpaired) electrons. The third-order valence-electron chi connectivity index (χ3n) is 3.37. The summed E-state index contributed by atoms with van der Waals surface area (Å²) in [6.45, 7) is 4.20. The zero-order valence-corrected chi connectivity index (χ0v) is 12.2. The smallest absolute Gasteiger partial charge is 0.118 e. The van der Waals surface area contributed by atoms with E-state index in [1.807, 2.05) is 36.4 Å². The van der Waals surface area contributed by atoms with Crippen LogP contribution in [0.5, 0.6) is 0 Å². The molecule has 0 saturated heterocycles. The van der Waals surface area contributed by atoms with Gasteiger partial charge in [-0.3, -0.25) is 0 Å². The Kier molecular flexibility index (Phi) is 5.78. The molecule has 2 aromatic rings. The van der Waals surface area contributed by atoms with Gasteiger partial charge in [0.15, 0.2) is 0 Å². The molecule has 2 rings (SSSR count). The van der Waals surface area contributed by atoms with Crippen molar-refractivity contribution in [3.63, 3.8) is 0 Å². The third-order valence-corrected chi connectivity index (χ3v) is 3.37. The van der Waals surface area contributed by atoms with Crippen molar-refractivity contribution in [2.45, 2.75) is 38.9 Å². The molecular formula is C18H22O2. The lowest BCUT2D eigenvalue weighted by Crippen LogP contribution is -2.09. The predicted molar refractivity (Wildman–Crippen MR) is 81.1 cm³/mol. The van der Waals surface area contributed by atoms with Crippen LogP contribution in [0.4, 0.5) is 0 Å². The molecule has 0 bridgehead atoms. The molecule has 0 aliphatic rings. The molecule has 106 valence electrons. The topological polar surface area (TPSA) is 18.5 Å². The molecule has 0 spiro atoms. The van der Waals surface area contributed by atoms with Gasteiger partial charge >= 0.3 is 0 Å². The van der Waals surface area contributed by atoms with Crippen molar-refractivity contribution in [2.24, 2.45) is 0 Å². The minimum atomic E-state index is -0.0195. The lowest BCUT2D eigenvalue weighted by molar-refractivity contribution is -0.358. The molecule has 0 fully saturated rings. The van der Waals surface area contributed by atoms with Crippen LogP contribution < -0.4 is 0 Å². The Balaban J connectivity index is 1.99. The van der Waals surface area contributed by atoms with E-state index < -0.39 is 0 Å². The molecule has 0 aromatic heterocycles. The van der Waals surface area contributed by atoms with Crippen LogP contribution in [0.2, 0.25) is 0 Å². The monoisotopic (exact) mass is 270 g/mol. The first-order chi connectivity index (χ1) is 9.85. The fourth-order valence-corrected chi connectivity index (χ4v) is 2.19. The van der Waals surface area contributed by atoms with Crippen LogP contribution in [0.3, 0.4) is 0 Å². The quantitative estimate of drug-likeness (QED) is 0.506. The summed E-state index contributed by atoms with van der Waals surface area (Å²) in [6, 6.07) is 20.4.